The van der Waals surface area contributed by atoms with Gasteiger partial charge >= 0.3 is 5.97 Å². The molecule has 1 fully saturated rings. The summed E-state index contributed by atoms with van der Waals surface area (Å²) in [6, 6.07) is 13.8. The number of aryl methyl sites for hydroxylation is 1. The van der Waals surface area contributed by atoms with Crippen LogP contribution in [0.15, 0.2) is 42.5 Å². The summed E-state index contributed by atoms with van der Waals surface area (Å²) >= 11 is 12.8. The molecule has 0 saturated carbocycles. The summed E-state index contributed by atoms with van der Waals surface area (Å²) in [4.78, 5) is 13.7. The molecule has 132 valence electrons. The van der Waals surface area contributed by atoms with Crippen LogP contribution in [0.5, 0.6) is 0 Å². The van der Waals surface area contributed by atoms with E-state index in [0.717, 1.165) is 36.1 Å². The number of hydrogen-bond acceptors (Lipinski definition) is 2. The van der Waals surface area contributed by atoms with Crippen molar-refractivity contribution in [1.82, 2.24) is 4.90 Å². The Morgan fingerprint density at radius 2 is 2.00 bits per heavy atom. The number of benzene rings is 2. The third kappa shape index (κ3) is 4.00. The molecule has 2 atom stereocenters. The molecule has 1 saturated heterocycles. The number of carboxylic acid groups (broad SMARTS) is 1. The van der Waals surface area contributed by atoms with Gasteiger partial charge in [0.25, 0.3) is 0 Å². The van der Waals surface area contributed by atoms with Gasteiger partial charge in [-0.2, -0.15) is 0 Å². The van der Waals surface area contributed by atoms with Gasteiger partial charge in [0.15, 0.2) is 0 Å². The predicted molar refractivity (Wildman–Crippen MR) is 101 cm³/mol. The van der Waals surface area contributed by atoms with Crippen molar-refractivity contribution in [2.45, 2.75) is 25.8 Å². The molecule has 0 bridgehead atoms. The molecular formula is C20H21Cl2NO2. The molecule has 0 amide bonds. The van der Waals surface area contributed by atoms with E-state index < -0.39 is 5.97 Å². The van der Waals surface area contributed by atoms with Crippen molar-refractivity contribution in [1.29, 1.82) is 0 Å². The van der Waals surface area contributed by atoms with E-state index in [1.54, 1.807) is 6.07 Å². The van der Waals surface area contributed by atoms with Crippen LogP contribution in [-0.2, 0) is 4.79 Å². The van der Waals surface area contributed by atoms with Crippen LogP contribution < -0.4 is 0 Å². The van der Waals surface area contributed by atoms with Crippen molar-refractivity contribution in [3.05, 3.63) is 69.2 Å². The van der Waals surface area contributed by atoms with E-state index in [9.17, 15) is 9.90 Å². The van der Waals surface area contributed by atoms with Gasteiger partial charge in [-0.3, -0.25) is 9.69 Å². The van der Waals surface area contributed by atoms with Gasteiger partial charge in [-0.25, -0.2) is 0 Å². The molecule has 0 radical (unpaired) electrons. The maximum atomic E-state index is 11.5. The minimum Gasteiger partial charge on any atom is -0.481 e. The smallest absolute Gasteiger partial charge is 0.307 e. The van der Waals surface area contributed by atoms with Crippen LogP contribution in [0.3, 0.4) is 0 Å². The molecule has 2 aromatic carbocycles. The molecule has 3 nitrogen and oxygen atoms in total. The van der Waals surface area contributed by atoms with Crippen LogP contribution in [0.25, 0.3) is 0 Å². The molecular weight excluding hydrogens is 357 g/mol. The zero-order valence-electron chi connectivity index (χ0n) is 14.1. The highest BCUT2D eigenvalue weighted by Crippen LogP contribution is 2.38. The molecule has 1 aliphatic rings. The first-order valence-corrected chi connectivity index (χ1v) is 9.20. The van der Waals surface area contributed by atoms with Crippen LogP contribution in [0.2, 0.25) is 10.0 Å². The van der Waals surface area contributed by atoms with E-state index in [0.29, 0.717) is 16.6 Å². The highest BCUT2D eigenvalue weighted by Gasteiger charge is 2.32. The van der Waals surface area contributed by atoms with E-state index in [1.807, 2.05) is 18.2 Å². The maximum Gasteiger partial charge on any atom is 0.307 e. The summed E-state index contributed by atoms with van der Waals surface area (Å²) in [7, 11) is 0. The van der Waals surface area contributed by atoms with E-state index in [2.05, 4.69) is 30.0 Å². The third-order valence-corrected chi connectivity index (χ3v) is 5.63. The van der Waals surface area contributed by atoms with E-state index in [4.69, 9.17) is 23.2 Å². The quantitative estimate of drug-likeness (QED) is 0.796. The first-order valence-electron chi connectivity index (χ1n) is 8.44. The van der Waals surface area contributed by atoms with Gasteiger partial charge in [-0.15, -0.1) is 0 Å². The number of halogens is 2. The number of hydrogen-bond donors (Lipinski definition) is 1. The van der Waals surface area contributed by atoms with Crippen LogP contribution in [0.1, 0.15) is 35.6 Å². The van der Waals surface area contributed by atoms with Gasteiger partial charge in [0, 0.05) is 6.54 Å². The fourth-order valence-electron chi connectivity index (χ4n) is 3.60. The summed E-state index contributed by atoms with van der Waals surface area (Å²) in [6.45, 7) is 3.40. The lowest BCUT2D eigenvalue weighted by Crippen LogP contribution is -2.41. The molecule has 1 heterocycles. The summed E-state index contributed by atoms with van der Waals surface area (Å²) in [5.41, 5.74) is 3.19. The standard InChI is InChI=1S/C20H21Cl2NO2/c1-13-5-2-6-14(11-13)19(16-8-3-9-17(21)18(16)22)23-10-4-7-15(12-23)20(24)25/h2-3,5-6,8-9,11,15,19H,4,7,10,12H2,1H3,(H,24,25). The second kappa shape index (κ2) is 7.77. The largest absolute Gasteiger partial charge is 0.481 e. The van der Waals surface area contributed by atoms with Gasteiger partial charge in [0.1, 0.15) is 0 Å². The van der Waals surface area contributed by atoms with Crippen molar-refractivity contribution < 1.29 is 9.90 Å². The van der Waals surface area contributed by atoms with Gasteiger partial charge in [-0.05, 0) is 43.5 Å². The van der Waals surface area contributed by atoms with Crippen LogP contribution in [0, 0.1) is 12.8 Å². The summed E-state index contributed by atoms with van der Waals surface area (Å²) in [5, 5.41) is 10.5. The summed E-state index contributed by atoms with van der Waals surface area (Å²) in [5.74, 6) is -1.08. The van der Waals surface area contributed by atoms with Crippen molar-refractivity contribution in [2.24, 2.45) is 5.92 Å². The second-order valence-corrected chi connectivity index (χ2v) is 7.42. The number of carbonyl (C=O) groups is 1. The zero-order valence-corrected chi connectivity index (χ0v) is 15.6. The topological polar surface area (TPSA) is 40.5 Å². The Morgan fingerprint density at radius 1 is 1.24 bits per heavy atom. The SMILES string of the molecule is Cc1cccc(C(c2cccc(Cl)c2Cl)N2CCCC(C(=O)O)C2)c1. The van der Waals surface area contributed by atoms with Crippen LogP contribution in [0.4, 0.5) is 0 Å². The number of aliphatic carboxylic acids is 1. The Kier molecular flexibility index (Phi) is 5.67. The molecule has 1 aliphatic heterocycles. The number of carboxylic acids is 1. The molecule has 0 aliphatic carbocycles. The van der Waals surface area contributed by atoms with Crippen LogP contribution in [-0.4, -0.2) is 29.1 Å². The highest BCUT2D eigenvalue weighted by atomic mass is 35.5. The van der Waals surface area contributed by atoms with E-state index in [1.165, 1.54) is 0 Å². The van der Waals surface area contributed by atoms with E-state index in [-0.39, 0.29) is 12.0 Å². The first-order chi connectivity index (χ1) is 12.0. The fourth-order valence-corrected chi connectivity index (χ4v) is 4.01. The first kappa shape index (κ1) is 18.2. The molecule has 2 unspecified atom stereocenters. The minimum absolute atomic E-state index is 0.103. The number of rotatable bonds is 4. The number of nitrogens with zero attached hydrogens (tertiary/aromatic N) is 1. The molecule has 0 spiro atoms. The van der Waals surface area contributed by atoms with Crippen molar-refractivity contribution in [3.8, 4) is 0 Å². The lowest BCUT2D eigenvalue weighted by atomic mass is 9.91. The molecule has 25 heavy (non-hydrogen) atoms. The zero-order chi connectivity index (χ0) is 18.0. The summed E-state index contributed by atoms with van der Waals surface area (Å²) < 4.78 is 0. The lowest BCUT2D eigenvalue weighted by Gasteiger charge is -2.38. The Hall–Kier alpha value is -1.55. The second-order valence-electron chi connectivity index (χ2n) is 6.63. The number of likely N-dealkylation sites (tertiary alicyclic amines) is 1. The van der Waals surface area contributed by atoms with Gasteiger partial charge in [0.05, 0.1) is 22.0 Å². The Bertz CT molecular complexity index is 778. The minimum atomic E-state index is -0.732. The maximum absolute atomic E-state index is 11.5. The molecule has 1 N–H and O–H groups in total. The van der Waals surface area contributed by atoms with E-state index >= 15 is 0 Å². The average molecular weight is 378 g/mol. The van der Waals surface area contributed by atoms with Crippen molar-refractivity contribution in [3.63, 3.8) is 0 Å². The number of piperidine rings is 1. The average Bonchev–Trinajstić information content (AvgIpc) is 2.59. The van der Waals surface area contributed by atoms with Gasteiger partial charge < -0.3 is 5.11 Å². The fraction of sp³-hybridized carbons (Fsp3) is 0.350. The third-order valence-electron chi connectivity index (χ3n) is 4.80. The Labute approximate surface area is 158 Å². The molecule has 3 rings (SSSR count). The lowest BCUT2D eigenvalue weighted by molar-refractivity contribution is -0.143. The summed E-state index contributed by atoms with van der Waals surface area (Å²) in [6.07, 6.45) is 1.58. The highest BCUT2D eigenvalue weighted by molar-refractivity contribution is 6.42. The molecule has 5 heteroatoms. The van der Waals surface area contributed by atoms with Gasteiger partial charge in [0.2, 0.25) is 0 Å². The van der Waals surface area contributed by atoms with Crippen molar-refractivity contribution >= 4 is 29.2 Å². The molecule has 2 aromatic rings. The van der Waals surface area contributed by atoms with Crippen LogP contribution >= 0.6 is 23.2 Å². The molecule has 0 aromatic heterocycles. The predicted octanol–water partition coefficient (Wildman–Crippen LogP) is 5.19. The monoisotopic (exact) mass is 377 g/mol. The Morgan fingerprint density at radius 3 is 2.72 bits per heavy atom. The van der Waals surface area contributed by atoms with Crippen molar-refractivity contribution in [2.75, 3.05) is 13.1 Å². The normalized spacial score (nSPS) is 19.6. The Balaban J connectivity index is 2.06. The van der Waals surface area contributed by atoms with Gasteiger partial charge in [-0.1, -0.05) is 65.2 Å².